The zero-order valence-corrected chi connectivity index (χ0v) is 16.9. The minimum absolute atomic E-state index is 0.00317. The Balaban J connectivity index is 1.59. The fraction of sp³-hybridized carbons (Fsp3) is 0.476. The van der Waals surface area contributed by atoms with E-state index in [-0.39, 0.29) is 6.04 Å². The van der Waals surface area contributed by atoms with E-state index in [1.165, 1.54) is 4.90 Å². The van der Waals surface area contributed by atoms with E-state index >= 15 is 0 Å². The zero-order valence-electron chi connectivity index (χ0n) is 16.9. The molecule has 3 rings (SSSR count). The van der Waals surface area contributed by atoms with E-state index in [0.717, 1.165) is 29.8 Å². The zero-order chi connectivity index (χ0) is 21.1. The van der Waals surface area contributed by atoms with Crippen molar-refractivity contribution in [2.24, 2.45) is 0 Å². The Hall–Kier alpha value is -2.71. The molecule has 1 aliphatic heterocycles. The molecule has 2 amide bonds. The number of aryl methyl sites for hydroxylation is 1. The second-order valence-corrected chi connectivity index (χ2v) is 7.64. The van der Waals surface area contributed by atoms with E-state index in [2.05, 4.69) is 10.4 Å². The predicted molar refractivity (Wildman–Crippen MR) is 107 cm³/mol. The molecule has 0 radical (unpaired) electrons. The molecule has 156 valence electrons. The maximum atomic E-state index is 12.4. The summed E-state index contributed by atoms with van der Waals surface area (Å²) in [6, 6.07) is 8.99. The maximum absolute atomic E-state index is 12.4. The second kappa shape index (κ2) is 8.75. The number of hydrogen-bond donors (Lipinski definition) is 3. The Kier molecular flexibility index (Phi) is 6.34. The molecular weight excluding hydrogens is 372 g/mol. The molecule has 2 aromatic rings. The van der Waals surface area contributed by atoms with Gasteiger partial charge in [-0.2, -0.15) is 5.10 Å². The first-order chi connectivity index (χ1) is 13.8. The first-order valence-electron chi connectivity index (χ1n) is 9.87. The molecule has 8 nitrogen and oxygen atoms in total. The van der Waals surface area contributed by atoms with Crippen LogP contribution in [0.3, 0.4) is 0 Å². The van der Waals surface area contributed by atoms with Crippen molar-refractivity contribution in [2.75, 3.05) is 6.54 Å². The fourth-order valence-corrected chi connectivity index (χ4v) is 3.57. The van der Waals surface area contributed by atoms with Crippen LogP contribution in [-0.4, -0.2) is 61.5 Å². The number of hydrogen-bond acceptors (Lipinski definition) is 5. The minimum Gasteiger partial charge on any atom is -0.380 e. The first kappa shape index (κ1) is 21.0. The molecule has 4 atom stereocenters. The summed E-state index contributed by atoms with van der Waals surface area (Å²) in [6.07, 6.45) is -0.0120. The van der Waals surface area contributed by atoms with Gasteiger partial charge in [0.25, 0.3) is 11.8 Å². The molecule has 8 heteroatoms. The number of aromatic nitrogens is 2. The molecular formula is C21H28N4O4. The number of rotatable bonds is 6. The van der Waals surface area contributed by atoms with E-state index < -0.39 is 30.1 Å². The van der Waals surface area contributed by atoms with Crippen LogP contribution >= 0.6 is 0 Å². The predicted octanol–water partition coefficient (Wildman–Crippen LogP) is 1.09. The smallest absolute Gasteiger partial charge is 0.254 e. The molecule has 3 N–H and O–H groups in total. The lowest BCUT2D eigenvalue weighted by atomic mass is 10.1. The van der Waals surface area contributed by atoms with Crippen LogP contribution in [0.5, 0.6) is 0 Å². The van der Waals surface area contributed by atoms with Crippen LogP contribution in [-0.2, 0) is 9.59 Å². The van der Waals surface area contributed by atoms with Gasteiger partial charge in [0, 0.05) is 18.8 Å². The van der Waals surface area contributed by atoms with E-state index in [1.807, 2.05) is 50.4 Å². The molecule has 29 heavy (non-hydrogen) atoms. The van der Waals surface area contributed by atoms with Crippen molar-refractivity contribution in [3.8, 4) is 5.69 Å². The van der Waals surface area contributed by atoms with Gasteiger partial charge in [-0.15, -0.1) is 0 Å². The van der Waals surface area contributed by atoms with E-state index in [0.29, 0.717) is 6.54 Å². The molecule has 1 aromatic heterocycles. The highest BCUT2D eigenvalue weighted by Crippen LogP contribution is 2.19. The van der Waals surface area contributed by atoms with E-state index in [9.17, 15) is 19.8 Å². The van der Waals surface area contributed by atoms with Gasteiger partial charge in [0.15, 0.2) is 12.2 Å². The van der Waals surface area contributed by atoms with Crippen LogP contribution in [0.4, 0.5) is 0 Å². The van der Waals surface area contributed by atoms with Crippen LogP contribution in [0, 0.1) is 6.92 Å². The van der Waals surface area contributed by atoms with Crippen LogP contribution in [0.25, 0.3) is 5.69 Å². The Morgan fingerprint density at radius 3 is 2.41 bits per heavy atom. The van der Waals surface area contributed by atoms with Crippen molar-refractivity contribution < 1.29 is 19.8 Å². The summed E-state index contributed by atoms with van der Waals surface area (Å²) in [6.45, 7) is 6.11. The highest BCUT2D eigenvalue weighted by atomic mass is 16.3. The maximum Gasteiger partial charge on any atom is 0.254 e. The van der Waals surface area contributed by atoms with E-state index in [1.54, 1.807) is 11.6 Å². The van der Waals surface area contributed by atoms with Gasteiger partial charge in [-0.3, -0.25) is 9.59 Å². The third-order valence-corrected chi connectivity index (χ3v) is 5.40. The van der Waals surface area contributed by atoms with Gasteiger partial charge in [0.05, 0.1) is 17.4 Å². The average molecular weight is 400 g/mol. The quantitative estimate of drug-likeness (QED) is 0.673. The molecule has 0 saturated carbocycles. The summed E-state index contributed by atoms with van der Waals surface area (Å²) in [5.74, 6) is -1.39. The first-order valence-corrected chi connectivity index (χ1v) is 9.87. The number of benzene rings is 1. The van der Waals surface area contributed by atoms with Gasteiger partial charge in [0.1, 0.15) is 0 Å². The molecule has 0 spiro atoms. The Morgan fingerprint density at radius 2 is 1.86 bits per heavy atom. The van der Waals surface area contributed by atoms with E-state index in [4.69, 9.17) is 0 Å². The number of aliphatic hydroxyl groups excluding tert-OH is 2. The molecule has 0 bridgehead atoms. The van der Waals surface area contributed by atoms with Crippen molar-refractivity contribution in [3.05, 3.63) is 47.8 Å². The number of aliphatic hydroxyl groups is 2. The minimum atomic E-state index is -1.82. The summed E-state index contributed by atoms with van der Waals surface area (Å²) < 4.78 is 1.76. The molecule has 1 aromatic carbocycles. The lowest BCUT2D eigenvalue weighted by molar-refractivity contribution is -0.153. The Morgan fingerprint density at radius 1 is 1.17 bits per heavy atom. The lowest BCUT2D eigenvalue weighted by Gasteiger charge is -2.27. The van der Waals surface area contributed by atoms with Crippen molar-refractivity contribution >= 4 is 11.8 Å². The summed E-state index contributed by atoms with van der Waals surface area (Å²) in [7, 11) is 0. The molecule has 1 saturated heterocycles. The molecule has 0 aliphatic carbocycles. The molecule has 1 aliphatic rings. The van der Waals surface area contributed by atoms with Crippen molar-refractivity contribution in [1.29, 1.82) is 0 Å². The number of nitrogens with one attached hydrogen (secondary N) is 1. The highest BCUT2D eigenvalue weighted by molar-refractivity contribution is 5.91. The number of carbonyl (C=O) groups excluding carboxylic acids is 2. The third kappa shape index (κ3) is 4.65. The summed E-state index contributed by atoms with van der Waals surface area (Å²) in [5.41, 5.74) is 2.63. The molecule has 2 heterocycles. The third-order valence-electron chi connectivity index (χ3n) is 5.40. The van der Waals surface area contributed by atoms with Gasteiger partial charge in [-0.1, -0.05) is 12.1 Å². The standard InChI is InChI=1S/C21H28N4O4/c1-13-10-12-25(23-13)17-8-6-16(7-9-17)15(3)22-20(28)18(26)19(27)21(29)24-11-4-5-14(24)2/h6-10,12,14-15,18-19,26-27H,4-5,11H2,1-3H3,(H,22,28)/t14-,15+,18+,19+/m0/s1. The fourth-order valence-electron chi connectivity index (χ4n) is 3.57. The van der Waals surface area contributed by atoms with Gasteiger partial charge < -0.3 is 20.4 Å². The summed E-state index contributed by atoms with van der Waals surface area (Å²) in [5, 5.41) is 27.3. The van der Waals surface area contributed by atoms with Gasteiger partial charge >= 0.3 is 0 Å². The normalized spacial score (nSPS) is 19.6. The number of amides is 2. The van der Waals surface area contributed by atoms with Crippen LogP contribution in [0.1, 0.15) is 44.0 Å². The van der Waals surface area contributed by atoms with Gasteiger partial charge in [-0.25, -0.2) is 4.68 Å². The second-order valence-electron chi connectivity index (χ2n) is 7.64. The molecule has 1 fully saturated rings. The number of carbonyl (C=O) groups is 2. The topological polar surface area (TPSA) is 108 Å². The van der Waals surface area contributed by atoms with Crippen LogP contribution < -0.4 is 5.32 Å². The lowest BCUT2D eigenvalue weighted by Crippen LogP contribution is -2.51. The number of nitrogens with zero attached hydrogens (tertiary/aromatic N) is 3. The van der Waals surface area contributed by atoms with Crippen molar-refractivity contribution in [3.63, 3.8) is 0 Å². The number of likely N-dealkylation sites (tertiary alicyclic amines) is 1. The largest absolute Gasteiger partial charge is 0.380 e. The Labute approximate surface area is 170 Å². The van der Waals surface area contributed by atoms with Crippen LogP contribution in [0.15, 0.2) is 36.5 Å². The van der Waals surface area contributed by atoms with Gasteiger partial charge in [-0.05, 0) is 57.4 Å². The molecule has 0 unspecified atom stereocenters. The monoisotopic (exact) mass is 400 g/mol. The SMILES string of the molecule is Cc1ccn(-c2ccc([C@@H](C)NC(=O)[C@H](O)[C@@H](O)C(=O)N3CCC[C@@H]3C)cc2)n1. The van der Waals surface area contributed by atoms with Crippen LogP contribution in [0.2, 0.25) is 0 Å². The Bertz CT molecular complexity index is 864. The van der Waals surface area contributed by atoms with Gasteiger partial charge in [0.2, 0.25) is 0 Å². The highest BCUT2D eigenvalue weighted by Gasteiger charge is 2.36. The summed E-state index contributed by atoms with van der Waals surface area (Å²) in [4.78, 5) is 26.2. The van der Waals surface area contributed by atoms with Crippen molar-refractivity contribution in [2.45, 2.75) is 57.9 Å². The van der Waals surface area contributed by atoms with Crippen molar-refractivity contribution in [1.82, 2.24) is 20.0 Å². The summed E-state index contributed by atoms with van der Waals surface area (Å²) >= 11 is 0. The average Bonchev–Trinajstić information content (AvgIpc) is 3.34.